The van der Waals surface area contributed by atoms with E-state index in [9.17, 15) is 9.59 Å². The van der Waals surface area contributed by atoms with E-state index in [-0.39, 0.29) is 11.8 Å². The van der Waals surface area contributed by atoms with Crippen molar-refractivity contribution in [3.05, 3.63) is 22.4 Å². The first-order valence-electron chi connectivity index (χ1n) is 5.49. The Bertz CT molecular complexity index is 556. The van der Waals surface area contributed by atoms with Crippen molar-refractivity contribution >= 4 is 43.9 Å². The second-order valence-corrected chi connectivity index (χ2v) is 6.32. The molecule has 0 saturated heterocycles. The van der Waals surface area contributed by atoms with Crippen LogP contribution in [0.5, 0.6) is 0 Å². The maximum Gasteiger partial charge on any atom is 0.326 e. The zero-order valence-electron chi connectivity index (χ0n) is 9.97. The molecule has 2 N–H and O–H groups in total. The number of aliphatic carboxylic acids is 1. The molecule has 0 saturated carbocycles. The lowest BCUT2D eigenvalue weighted by atomic mass is 10.0. The van der Waals surface area contributed by atoms with Gasteiger partial charge in [-0.3, -0.25) is 4.79 Å². The van der Waals surface area contributed by atoms with Crippen molar-refractivity contribution < 1.29 is 14.7 Å². The second kappa shape index (κ2) is 5.07. The van der Waals surface area contributed by atoms with Gasteiger partial charge < -0.3 is 10.4 Å². The number of carboxylic acid groups (broad SMARTS) is 1. The Hall–Kier alpha value is -1.40. The minimum Gasteiger partial charge on any atom is -0.480 e. The first-order chi connectivity index (χ1) is 8.49. The van der Waals surface area contributed by atoms with Crippen LogP contribution in [0.25, 0.3) is 9.40 Å². The van der Waals surface area contributed by atoms with Gasteiger partial charge in [0.15, 0.2) is 0 Å². The van der Waals surface area contributed by atoms with E-state index >= 15 is 0 Å². The summed E-state index contributed by atoms with van der Waals surface area (Å²) in [4.78, 5) is 23.6. The third-order valence-electron chi connectivity index (χ3n) is 2.58. The van der Waals surface area contributed by atoms with Crippen LogP contribution in [0.1, 0.15) is 23.5 Å². The molecule has 0 radical (unpaired) electrons. The van der Waals surface area contributed by atoms with E-state index in [1.807, 2.05) is 11.4 Å². The lowest BCUT2D eigenvalue weighted by Crippen LogP contribution is -2.44. The third-order valence-corrected chi connectivity index (χ3v) is 4.67. The average molecular weight is 283 g/mol. The first-order valence-corrected chi connectivity index (χ1v) is 7.19. The van der Waals surface area contributed by atoms with Crippen LogP contribution in [0.4, 0.5) is 0 Å². The quantitative estimate of drug-likeness (QED) is 0.906. The van der Waals surface area contributed by atoms with Gasteiger partial charge in [-0.25, -0.2) is 4.79 Å². The van der Waals surface area contributed by atoms with Gasteiger partial charge in [-0.05, 0) is 23.4 Å². The number of hydrogen-bond acceptors (Lipinski definition) is 4. The van der Waals surface area contributed by atoms with Crippen molar-refractivity contribution in [2.45, 2.75) is 19.9 Å². The van der Waals surface area contributed by atoms with Crippen molar-refractivity contribution in [3.8, 4) is 0 Å². The molecule has 0 aliphatic rings. The standard InChI is InChI=1S/C12H13NO3S2/c1-6(2)10(12(15)16)13-11(14)9-5-8-7(18-9)3-4-17-8/h3-6,10H,1-2H3,(H,13,14)(H,15,16). The highest BCUT2D eigenvalue weighted by Gasteiger charge is 2.24. The second-order valence-electron chi connectivity index (χ2n) is 4.29. The Morgan fingerprint density at radius 2 is 2.06 bits per heavy atom. The third kappa shape index (κ3) is 2.54. The van der Waals surface area contributed by atoms with Crippen molar-refractivity contribution in [1.82, 2.24) is 5.32 Å². The van der Waals surface area contributed by atoms with Gasteiger partial charge in [0.1, 0.15) is 6.04 Å². The molecule has 0 aromatic carbocycles. The van der Waals surface area contributed by atoms with Gasteiger partial charge in [0.2, 0.25) is 0 Å². The fraction of sp³-hybridized carbons (Fsp3) is 0.333. The average Bonchev–Trinajstić information content (AvgIpc) is 2.84. The Morgan fingerprint density at radius 3 is 2.61 bits per heavy atom. The highest BCUT2D eigenvalue weighted by Crippen LogP contribution is 2.29. The van der Waals surface area contributed by atoms with E-state index in [1.54, 1.807) is 31.3 Å². The van der Waals surface area contributed by atoms with Gasteiger partial charge in [0, 0.05) is 9.40 Å². The number of carbonyl (C=O) groups is 2. The molecule has 0 aliphatic heterocycles. The summed E-state index contributed by atoms with van der Waals surface area (Å²) in [5, 5.41) is 13.6. The van der Waals surface area contributed by atoms with Crippen LogP contribution in [-0.4, -0.2) is 23.0 Å². The molecule has 2 aromatic rings. The molecule has 1 unspecified atom stereocenters. The van der Waals surface area contributed by atoms with Crippen LogP contribution < -0.4 is 5.32 Å². The molecule has 18 heavy (non-hydrogen) atoms. The predicted octanol–water partition coefficient (Wildman–Crippen LogP) is 2.80. The molecule has 1 amide bonds. The van der Waals surface area contributed by atoms with Crippen LogP contribution in [0.3, 0.4) is 0 Å². The number of carboxylic acids is 1. The van der Waals surface area contributed by atoms with Crippen molar-refractivity contribution in [2.24, 2.45) is 5.92 Å². The number of carbonyl (C=O) groups excluding carboxylic acids is 1. The summed E-state index contributed by atoms with van der Waals surface area (Å²) >= 11 is 2.95. The van der Waals surface area contributed by atoms with Crippen molar-refractivity contribution in [1.29, 1.82) is 0 Å². The zero-order chi connectivity index (χ0) is 13.3. The summed E-state index contributed by atoms with van der Waals surface area (Å²) in [6, 6.07) is 2.91. The SMILES string of the molecule is CC(C)C(NC(=O)c1cc2sccc2s1)C(=O)O. The van der Waals surface area contributed by atoms with E-state index in [2.05, 4.69) is 5.32 Å². The Balaban J connectivity index is 2.16. The van der Waals surface area contributed by atoms with Crippen LogP contribution in [0.15, 0.2) is 17.5 Å². The van der Waals surface area contributed by atoms with E-state index in [0.29, 0.717) is 4.88 Å². The largest absolute Gasteiger partial charge is 0.480 e. The molecule has 2 aromatic heterocycles. The molecule has 0 spiro atoms. The molecular formula is C12H13NO3S2. The first kappa shape index (κ1) is 13.0. The molecule has 1 atom stereocenters. The molecule has 0 aliphatic carbocycles. The molecule has 0 bridgehead atoms. The minimum atomic E-state index is -1.00. The number of hydrogen-bond donors (Lipinski definition) is 2. The van der Waals surface area contributed by atoms with Gasteiger partial charge in [0.25, 0.3) is 5.91 Å². The summed E-state index contributed by atoms with van der Waals surface area (Å²) in [6.45, 7) is 3.54. The van der Waals surface area contributed by atoms with E-state index in [0.717, 1.165) is 9.40 Å². The lowest BCUT2D eigenvalue weighted by molar-refractivity contribution is -0.140. The lowest BCUT2D eigenvalue weighted by Gasteiger charge is -2.17. The Morgan fingerprint density at radius 1 is 1.33 bits per heavy atom. The summed E-state index contributed by atoms with van der Waals surface area (Å²) in [5.41, 5.74) is 0. The van der Waals surface area contributed by atoms with E-state index < -0.39 is 12.0 Å². The number of rotatable bonds is 4. The molecular weight excluding hydrogens is 270 g/mol. The Kier molecular flexibility index (Phi) is 3.68. The smallest absolute Gasteiger partial charge is 0.326 e. The van der Waals surface area contributed by atoms with Crippen molar-refractivity contribution in [3.63, 3.8) is 0 Å². The van der Waals surface area contributed by atoms with Gasteiger partial charge in [-0.2, -0.15) is 0 Å². The van der Waals surface area contributed by atoms with Gasteiger partial charge >= 0.3 is 5.97 Å². The normalized spacial score (nSPS) is 12.8. The Labute approximate surface area is 112 Å². The summed E-state index contributed by atoms with van der Waals surface area (Å²) in [5.74, 6) is -1.46. The maximum atomic E-state index is 12.0. The van der Waals surface area contributed by atoms with Gasteiger partial charge in [-0.15, -0.1) is 22.7 Å². The van der Waals surface area contributed by atoms with E-state index in [4.69, 9.17) is 5.11 Å². The molecule has 2 heterocycles. The molecule has 2 rings (SSSR count). The minimum absolute atomic E-state index is 0.146. The topological polar surface area (TPSA) is 66.4 Å². The highest BCUT2D eigenvalue weighted by molar-refractivity contribution is 7.27. The zero-order valence-corrected chi connectivity index (χ0v) is 11.6. The van der Waals surface area contributed by atoms with Gasteiger partial charge in [-0.1, -0.05) is 13.8 Å². The highest BCUT2D eigenvalue weighted by atomic mass is 32.1. The fourth-order valence-electron chi connectivity index (χ4n) is 1.60. The summed E-state index contributed by atoms with van der Waals surface area (Å²) in [6.07, 6.45) is 0. The van der Waals surface area contributed by atoms with Crippen LogP contribution in [0, 0.1) is 5.92 Å². The molecule has 96 valence electrons. The number of nitrogens with one attached hydrogen (secondary N) is 1. The molecule has 0 fully saturated rings. The van der Waals surface area contributed by atoms with E-state index in [1.165, 1.54) is 11.3 Å². The van der Waals surface area contributed by atoms with Crippen LogP contribution in [0.2, 0.25) is 0 Å². The maximum absolute atomic E-state index is 12.0. The van der Waals surface area contributed by atoms with Crippen molar-refractivity contribution in [2.75, 3.05) is 0 Å². The predicted molar refractivity (Wildman–Crippen MR) is 73.4 cm³/mol. The number of amides is 1. The number of thiophene rings is 2. The van der Waals surface area contributed by atoms with Gasteiger partial charge in [0.05, 0.1) is 4.88 Å². The number of fused-ring (bicyclic) bond motifs is 1. The fourth-order valence-corrected chi connectivity index (χ4v) is 3.62. The molecule has 4 nitrogen and oxygen atoms in total. The monoisotopic (exact) mass is 283 g/mol. The van der Waals surface area contributed by atoms with Crippen LogP contribution >= 0.6 is 22.7 Å². The summed E-state index contributed by atoms with van der Waals surface area (Å²) in [7, 11) is 0. The molecule has 6 heteroatoms. The summed E-state index contributed by atoms with van der Waals surface area (Å²) < 4.78 is 2.11. The van der Waals surface area contributed by atoms with Crippen LogP contribution in [-0.2, 0) is 4.79 Å².